The lowest BCUT2D eigenvalue weighted by atomic mass is 9.94. The van der Waals surface area contributed by atoms with Gasteiger partial charge in [0.25, 0.3) is 5.91 Å². The van der Waals surface area contributed by atoms with E-state index in [4.69, 9.17) is 4.74 Å². The second-order valence-corrected chi connectivity index (χ2v) is 5.16. The van der Waals surface area contributed by atoms with Gasteiger partial charge in [0.05, 0.1) is 11.2 Å². The lowest BCUT2D eigenvalue weighted by molar-refractivity contribution is -0.0440. The molecule has 1 aromatic rings. The number of nitrogens with zero attached hydrogens (tertiary/aromatic N) is 1. The van der Waals surface area contributed by atoms with Crippen molar-refractivity contribution in [1.82, 2.24) is 4.90 Å². The van der Waals surface area contributed by atoms with Gasteiger partial charge in [0.2, 0.25) is 0 Å². The van der Waals surface area contributed by atoms with Crippen molar-refractivity contribution in [3.8, 4) is 11.5 Å². The van der Waals surface area contributed by atoms with Crippen molar-refractivity contribution in [3.05, 3.63) is 23.8 Å². The molecule has 0 aliphatic carbocycles. The summed E-state index contributed by atoms with van der Waals surface area (Å²) in [6.07, 6.45) is 1.76. The van der Waals surface area contributed by atoms with Gasteiger partial charge in [-0.3, -0.25) is 4.79 Å². The Morgan fingerprint density at radius 1 is 1.42 bits per heavy atom. The maximum absolute atomic E-state index is 12.4. The van der Waals surface area contributed by atoms with E-state index in [-0.39, 0.29) is 28.6 Å². The van der Waals surface area contributed by atoms with E-state index in [0.29, 0.717) is 13.1 Å². The van der Waals surface area contributed by atoms with Crippen molar-refractivity contribution >= 4 is 5.91 Å². The van der Waals surface area contributed by atoms with E-state index in [2.05, 4.69) is 0 Å². The summed E-state index contributed by atoms with van der Waals surface area (Å²) in [5, 5.41) is 19.2. The van der Waals surface area contributed by atoms with Crippen LogP contribution in [0.5, 0.6) is 11.5 Å². The molecule has 2 rings (SSSR count). The average Bonchev–Trinajstić information content (AvgIpc) is 2.41. The molecule has 5 nitrogen and oxygen atoms in total. The highest BCUT2D eigenvalue weighted by molar-refractivity contribution is 5.97. The lowest BCUT2D eigenvalue weighted by Crippen LogP contribution is -2.49. The number of methoxy groups -OCH3 is 1. The van der Waals surface area contributed by atoms with Crippen LogP contribution in [0.4, 0.5) is 0 Å². The Morgan fingerprint density at radius 2 is 2.16 bits per heavy atom. The quantitative estimate of drug-likeness (QED) is 0.799. The van der Waals surface area contributed by atoms with Crippen LogP contribution in [0.3, 0.4) is 0 Å². The van der Waals surface area contributed by atoms with Crippen LogP contribution in [0.1, 0.15) is 30.1 Å². The summed E-state index contributed by atoms with van der Waals surface area (Å²) in [5.74, 6) is -0.925. The van der Waals surface area contributed by atoms with Crippen LogP contribution in [0.15, 0.2) is 18.2 Å². The average molecular weight is 265 g/mol. The second-order valence-electron chi connectivity index (χ2n) is 5.16. The summed E-state index contributed by atoms with van der Waals surface area (Å²) in [4.78, 5) is 14.0. The predicted octanol–water partition coefficient (Wildman–Crippen LogP) is 1.74. The molecule has 19 heavy (non-hydrogen) atoms. The molecule has 5 heteroatoms. The first-order valence-corrected chi connectivity index (χ1v) is 6.32. The highest BCUT2D eigenvalue weighted by Gasteiger charge is 2.34. The summed E-state index contributed by atoms with van der Waals surface area (Å²) in [7, 11) is 1.64. The number of phenolic OH excluding ortho intramolecular Hbond substituents is 2. The third kappa shape index (κ3) is 2.66. The zero-order valence-electron chi connectivity index (χ0n) is 11.2. The van der Waals surface area contributed by atoms with Gasteiger partial charge in [-0.05, 0) is 31.9 Å². The minimum absolute atomic E-state index is 0.125. The monoisotopic (exact) mass is 265 g/mol. The second kappa shape index (κ2) is 5.09. The Labute approximate surface area is 112 Å². The van der Waals surface area contributed by atoms with Crippen molar-refractivity contribution < 1.29 is 19.7 Å². The maximum atomic E-state index is 12.4. The minimum Gasteiger partial charge on any atom is -0.504 e. The number of aromatic hydroxyl groups is 2. The summed E-state index contributed by atoms with van der Waals surface area (Å²) in [6, 6.07) is 4.40. The fourth-order valence-corrected chi connectivity index (χ4v) is 2.42. The zero-order chi connectivity index (χ0) is 14.0. The molecule has 1 fully saturated rings. The van der Waals surface area contributed by atoms with E-state index in [1.807, 2.05) is 6.92 Å². The fraction of sp³-hybridized carbons (Fsp3) is 0.500. The van der Waals surface area contributed by atoms with Crippen LogP contribution in [-0.2, 0) is 4.74 Å². The van der Waals surface area contributed by atoms with Crippen LogP contribution in [-0.4, -0.2) is 46.8 Å². The van der Waals surface area contributed by atoms with Crippen molar-refractivity contribution in [2.24, 2.45) is 0 Å². The van der Waals surface area contributed by atoms with Gasteiger partial charge in [0, 0.05) is 20.2 Å². The predicted molar refractivity (Wildman–Crippen MR) is 70.3 cm³/mol. The Kier molecular flexibility index (Phi) is 3.66. The molecule has 1 heterocycles. The van der Waals surface area contributed by atoms with Crippen molar-refractivity contribution in [2.45, 2.75) is 25.4 Å². The third-order valence-electron chi connectivity index (χ3n) is 3.68. The SMILES string of the molecule is COC1(C)CCCN(C(=O)c2cccc(O)c2O)C1. The van der Waals surface area contributed by atoms with E-state index in [1.54, 1.807) is 18.1 Å². The van der Waals surface area contributed by atoms with Gasteiger partial charge < -0.3 is 19.8 Å². The first-order valence-electron chi connectivity index (χ1n) is 6.32. The van der Waals surface area contributed by atoms with E-state index < -0.39 is 0 Å². The molecule has 1 amide bonds. The van der Waals surface area contributed by atoms with Gasteiger partial charge in [0.15, 0.2) is 11.5 Å². The summed E-state index contributed by atoms with van der Waals surface area (Å²) in [6.45, 7) is 3.08. The Bertz CT molecular complexity index is 488. The molecular formula is C14H19NO4. The molecule has 104 valence electrons. The van der Waals surface area contributed by atoms with E-state index >= 15 is 0 Å². The zero-order valence-corrected chi connectivity index (χ0v) is 11.2. The van der Waals surface area contributed by atoms with E-state index in [0.717, 1.165) is 12.8 Å². The maximum Gasteiger partial charge on any atom is 0.257 e. The normalized spacial score (nSPS) is 23.4. The molecule has 1 unspecified atom stereocenters. The number of phenols is 2. The van der Waals surface area contributed by atoms with Crippen LogP contribution in [0.2, 0.25) is 0 Å². The number of carbonyl (C=O) groups excluding carboxylic acids is 1. The molecule has 0 spiro atoms. The number of hydrogen-bond acceptors (Lipinski definition) is 4. The molecule has 1 aliphatic heterocycles. The number of hydrogen-bond donors (Lipinski definition) is 2. The highest BCUT2D eigenvalue weighted by Crippen LogP contribution is 2.31. The third-order valence-corrected chi connectivity index (χ3v) is 3.68. The van der Waals surface area contributed by atoms with E-state index in [9.17, 15) is 15.0 Å². The largest absolute Gasteiger partial charge is 0.504 e. The van der Waals surface area contributed by atoms with Crippen LogP contribution < -0.4 is 0 Å². The van der Waals surface area contributed by atoms with Crippen LogP contribution >= 0.6 is 0 Å². The molecule has 0 saturated carbocycles. The van der Waals surface area contributed by atoms with Crippen LogP contribution in [0, 0.1) is 0 Å². The standard InChI is InChI=1S/C14H19NO4/c1-14(19-2)7-4-8-15(9-14)13(18)10-5-3-6-11(16)12(10)17/h3,5-6,16-17H,4,7-9H2,1-2H3. The van der Waals surface area contributed by atoms with Gasteiger partial charge in [-0.25, -0.2) is 0 Å². The van der Waals surface area contributed by atoms with Gasteiger partial charge in [-0.1, -0.05) is 6.07 Å². The first-order chi connectivity index (χ1) is 8.97. The molecule has 2 N–H and O–H groups in total. The summed E-state index contributed by atoms with van der Waals surface area (Å²) < 4.78 is 5.44. The molecule has 0 bridgehead atoms. The summed E-state index contributed by atoms with van der Waals surface area (Å²) >= 11 is 0. The molecule has 1 aromatic carbocycles. The van der Waals surface area contributed by atoms with Gasteiger partial charge in [0.1, 0.15) is 0 Å². The molecule has 0 aromatic heterocycles. The van der Waals surface area contributed by atoms with Gasteiger partial charge in [-0.2, -0.15) is 0 Å². The molecule has 0 radical (unpaired) electrons. The Morgan fingerprint density at radius 3 is 2.84 bits per heavy atom. The molecular weight excluding hydrogens is 246 g/mol. The number of ether oxygens (including phenoxy) is 1. The number of para-hydroxylation sites is 1. The smallest absolute Gasteiger partial charge is 0.257 e. The van der Waals surface area contributed by atoms with Gasteiger partial charge in [-0.15, -0.1) is 0 Å². The number of likely N-dealkylation sites (tertiary alicyclic amines) is 1. The molecule has 1 saturated heterocycles. The number of piperidine rings is 1. The topological polar surface area (TPSA) is 70.0 Å². The minimum atomic E-state index is -0.364. The first kappa shape index (κ1) is 13.7. The Hall–Kier alpha value is -1.75. The van der Waals surface area contributed by atoms with Crippen molar-refractivity contribution in [2.75, 3.05) is 20.2 Å². The Balaban J connectivity index is 2.22. The molecule has 1 aliphatic rings. The van der Waals surface area contributed by atoms with Gasteiger partial charge >= 0.3 is 0 Å². The number of rotatable bonds is 2. The number of benzene rings is 1. The van der Waals surface area contributed by atoms with Crippen molar-refractivity contribution in [3.63, 3.8) is 0 Å². The number of amides is 1. The fourth-order valence-electron chi connectivity index (χ4n) is 2.42. The molecule has 1 atom stereocenters. The van der Waals surface area contributed by atoms with E-state index in [1.165, 1.54) is 12.1 Å². The van der Waals surface area contributed by atoms with Crippen molar-refractivity contribution in [1.29, 1.82) is 0 Å². The summed E-state index contributed by atoms with van der Waals surface area (Å²) in [5.41, 5.74) is -0.222. The highest BCUT2D eigenvalue weighted by atomic mass is 16.5. The lowest BCUT2D eigenvalue weighted by Gasteiger charge is -2.39. The number of carbonyl (C=O) groups is 1. The van der Waals surface area contributed by atoms with Crippen LogP contribution in [0.25, 0.3) is 0 Å².